The first kappa shape index (κ1) is 8.63. The molecule has 0 aromatic carbocycles. The molecular weight excluding hydrogens is 191 g/mol. The van der Waals surface area contributed by atoms with Gasteiger partial charge in [0.25, 0.3) is 0 Å². The molecule has 0 fully saturated rings. The highest BCUT2D eigenvalue weighted by Crippen LogP contribution is 2.21. The summed E-state index contributed by atoms with van der Waals surface area (Å²) in [6.07, 6.45) is 0. The van der Waals surface area contributed by atoms with Gasteiger partial charge in [-0.3, -0.25) is 0 Å². The lowest BCUT2D eigenvalue weighted by Crippen LogP contribution is -1.62. The molecule has 0 atom stereocenters. The zero-order valence-electron chi connectivity index (χ0n) is 3.39. The molecule has 0 bridgehead atoms. The number of thioether (sulfide) groups is 1. The molecule has 0 amide bonds. The van der Waals surface area contributed by atoms with Crippen molar-refractivity contribution in [3.8, 4) is 0 Å². The zero-order chi connectivity index (χ0) is 5.54. The van der Waals surface area contributed by atoms with E-state index in [4.69, 9.17) is 21.4 Å². The normalized spacial score (nSPS) is 9.43. The van der Waals surface area contributed by atoms with E-state index in [1.165, 1.54) is 22.0 Å². The summed E-state index contributed by atoms with van der Waals surface area (Å²) in [4.78, 5) is 0. The molecule has 0 nitrogen and oxygen atoms in total. The molecule has 7 heavy (non-hydrogen) atoms. The summed E-state index contributed by atoms with van der Waals surface area (Å²) in [5, 5.41) is 1.84. The number of halogens is 2. The number of hydrogen-bond acceptors (Lipinski definition) is 3. The van der Waals surface area contributed by atoms with Gasteiger partial charge in [-0.05, 0) is 43.3 Å². The molecule has 44 valence electrons. The van der Waals surface area contributed by atoms with Gasteiger partial charge in [-0.25, -0.2) is 0 Å². The highest BCUT2D eigenvalue weighted by atomic mass is 35.7. The maximum atomic E-state index is 5.28. The Bertz CT molecular complexity index is 30.1. The molecule has 0 spiro atoms. The minimum Gasteiger partial charge on any atom is -0.138 e. The van der Waals surface area contributed by atoms with Crippen molar-refractivity contribution in [2.45, 2.75) is 0 Å². The molecule has 0 saturated heterocycles. The fourth-order valence-corrected chi connectivity index (χ4v) is 2.62. The average molecular weight is 195 g/mol. The third-order valence-corrected chi connectivity index (χ3v) is 3.91. The first-order valence-corrected chi connectivity index (χ1v) is 6.24. The van der Waals surface area contributed by atoms with Crippen molar-refractivity contribution in [2.75, 3.05) is 10.2 Å². The predicted molar refractivity (Wildman–Crippen MR) is 44.2 cm³/mol. The second kappa shape index (κ2) is 7.63. The van der Waals surface area contributed by atoms with Gasteiger partial charge in [0.15, 0.2) is 0 Å². The Morgan fingerprint density at radius 1 is 1.00 bits per heavy atom. The Labute approximate surface area is 65.1 Å². The van der Waals surface area contributed by atoms with E-state index in [-0.39, 0.29) is 0 Å². The van der Waals surface area contributed by atoms with Gasteiger partial charge in [0, 0.05) is 0 Å². The van der Waals surface area contributed by atoms with Gasteiger partial charge < -0.3 is 0 Å². The fourth-order valence-electron chi connectivity index (χ4n) is 0.0970. The van der Waals surface area contributed by atoms with E-state index in [0.717, 1.165) is 10.2 Å². The van der Waals surface area contributed by atoms with Crippen molar-refractivity contribution in [1.29, 1.82) is 0 Å². The standard InChI is InChI=1S/C2H4Cl2S3/c3-6-1-5-2-7-4/h1-2H2. The smallest absolute Gasteiger partial charge is 0.0552 e. The Balaban J connectivity index is 2.45. The van der Waals surface area contributed by atoms with Crippen LogP contribution in [0, 0.1) is 0 Å². The highest BCUT2D eigenvalue weighted by Gasteiger charge is 1.83. The minimum atomic E-state index is 0.918. The van der Waals surface area contributed by atoms with Crippen LogP contribution >= 0.6 is 55.1 Å². The van der Waals surface area contributed by atoms with E-state index >= 15 is 0 Å². The molecule has 0 aromatic heterocycles. The molecule has 0 saturated carbocycles. The third-order valence-electron chi connectivity index (χ3n) is 0.256. The Morgan fingerprint density at radius 2 is 1.43 bits per heavy atom. The van der Waals surface area contributed by atoms with Crippen molar-refractivity contribution in [3.05, 3.63) is 0 Å². The minimum absolute atomic E-state index is 0.918. The lowest BCUT2D eigenvalue weighted by molar-refractivity contribution is 2.19. The number of hydrogen-bond donors (Lipinski definition) is 0. The van der Waals surface area contributed by atoms with Crippen molar-refractivity contribution in [1.82, 2.24) is 0 Å². The molecule has 5 heteroatoms. The van der Waals surface area contributed by atoms with E-state index in [1.807, 2.05) is 0 Å². The first-order chi connectivity index (χ1) is 3.41. The summed E-state index contributed by atoms with van der Waals surface area (Å²) < 4.78 is 0. The van der Waals surface area contributed by atoms with Crippen molar-refractivity contribution < 1.29 is 0 Å². The SMILES string of the molecule is ClSCSCSCl. The molecule has 0 N–H and O–H groups in total. The molecule has 0 unspecified atom stereocenters. The summed E-state index contributed by atoms with van der Waals surface area (Å²) >= 11 is 1.72. The van der Waals surface area contributed by atoms with Gasteiger partial charge in [0.2, 0.25) is 0 Å². The summed E-state index contributed by atoms with van der Waals surface area (Å²) in [5.74, 6) is 0. The monoisotopic (exact) mass is 194 g/mol. The van der Waals surface area contributed by atoms with Crippen LogP contribution in [0.4, 0.5) is 0 Å². The first-order valence-electron chi connectivity index (χ1n) is 1.46. The van der Waals surface area contributed by atoms with Crippen molar-refractivity contribution in [2.24, 2.45) is 0 Å². The predicted octanol–water partition coefficient (Wildman–Crippen LogP) is 3.41. The van der Waals surface area contributed by atoms with Crippen LogP contribution in [0.25, 0.3) is 0 Å². The molecule has 0 heterocycles. The van der Waals surface area contributed by atoms with Gasteiger partial charge in [-0.2, -0.15) is 0 Å². The van der Waals surface area contributed by atoms with Crippen LogP contribution in [-0.4, -0.2) is 10.2 Å². The second-order valence-corrected chi connectivity index (χ2v) is 4.70. The quantitative estimate of drug-likeness (QED) is 0.498. The van der Waals surface area contributed by atoms with Gasteiger partial charge in [-0.1, -0.05) is 0 Å². The topological polar surface area (TPSA) is 0 Å². The van der Waals surface area contributed by atoms with Gasteiger partial charge in [0.05, 0.1) is 10.2 Å². The molecule has 0 aliphatic heterocycles. The Morgan fingerprint density at radius 3 is 1.71 bits per heavy atom. The fraction of sp³-hybridized carbons (Fsp3) is 1.00. The second-order valence-electron chi connectivity index (χ2n) is 0.658. The van der Waals surface area contributed by atoms with Crippen LogP contribution in [-0.2, 0) is 0 Å². The highest BCUT2D eigenvalue weighted by molar-refractivity contribution is 8.34. The lowest BCUT2D eigenvalue weighted by atomic mass is 11.9. The summed E-state index contributed by atoms with van der Waals surface area (Å²) in [7, 11) is 13.2. The van der Waals surface area contributed by atoms with E-state index < -0.39 is 0 Å². The van der Waals surface area contributed by atoms with Crippen LogP contribution in [0.2, 0.25) is 0 Å². The third kappa shape index (κ3) is 7.63. The van der Waals surface area contributed by atoms with E-state index in [1.54, 1.807) is 11.8 Å². The van der Waals surface area contributed by atoms with Gasteiger partial charge >= 0.3 is 0 Å². The number of rotatable bonds is 4. The van der Waals surface area contributed by atoms with Crippen LogP contribution in [0.5, 0.6) is 0 Å². The van der Waals surface area contributed by atoms with Crippen LogP contribution in [0.15, 0.2) is 0 Å². The van der Waals surface area contributed by atoms with Crippen LogP contribution < -0.4 is 0 Å². The zero-order valence-corrected chi connectivity index (χ0v) is 7.36. The van der Waals surface area contributed by atoms with Crippen LogP contribution in [0.3, 0.4) is 0 Å². The Hall–Kier alpha value is 1.63. The molecule has 0 aliphatic carbocycles. The lowest BCUT2D eigenvalue weighted by Gasteiger charge is -1.87. The average Bonchev–Trinajstić information content (AvgIpc) is 1.69. The van der Waals surface area contributed by atoms with Crippen molar-refractivity contribution in [3.63, 3.8) is 0 Å². The van der Waals surface area contributed by atoms with Gasteiger partial charge in [-0.15, -0.1) is 11.8 Å². The summed E-state index contributed by atoms with van der Waals surface area (Å²) in [5.41, 5.74) is 0. The molecule has 0 radical (unpaired) electrons. The maximum absolute atomic E-state index is 5.28. The molecule has 0 aliphatic rings. The van der Waals surface area contributed by atoms with Crippen molar-refractivity contribution >= 4 is 55.1 Å². The molecule has 0 rings (SSSR count). The summed E-state index contributed by atoms with van der Waals surface area (Å²) in [6, 6.07) is 0. The van der Waals surface area contributed by atoms with Crippen LogP contribution in [0.1, 0.15) is 0 Å². The maximum Gasteiger partial charge on any atom is 0.0552 e. The summed E-state index contributed by atoms with van der Waals surface area (Å²) in [6.45, 7) is 0. The van der Waals surface area contributed by atoms with E-state index in [9.17, 15) is 0 Å². The largest absolute Gasteiger partial charge is 0.138 e. The molecule has 0 aromatic rings. The Kier molecular flexibility index (Phi) is 9.41. The molecular formula is C2H4Cl2S3. The van der Waals surface area contributed by atoms with E-state index in [2.05, 4.69) is 0 Å². The van der Waals surface area contributed by atoms with Gasteiger partial charge in [0.1, 0.15) is 0 Å². The van der Waals surface area contributed by atoms with E-state index in [0.29, 0.717) is 0 Å².